The van der Waals surface area contributed by atoms with Crippen molar-refractivity contribution < 1.29 is 22.1 Å². The molecule has 0 atom stereocenters. The Morgan fingerprint density at radius 1 is 1.03 bits per heavy atom. The molecule has 3 aromatic carbocycles. The molecule has 7 nitrogen and oxygen atoms in total. The number of nitrogens with zero attached hydrogens (tertiary/aromatic N) is 1. The standard InChI is InChI=1S/C25H21IN2O5S/c1-16-4-8-20(9-5-16)28-25(29)19(15-27)12-18-13-22(26)24(23(14-18)32-3)33-34(30,31)21-10-6-17(2)7-11-21/h4-14H,1-3H3,(H,28,29)/b19-12-. The van der Waals surface area contributed by atoms with E-state index in [-0.39, 0.29) is 22.0 Å². The Bertz CT molecular complexity index is 1390. The lowest BCUT2D eigenvalue weighted by molar-refractivity contribution is -0.112. The van der Waals surface area contributed by atoms with Crippen LogP contribution in [0.4, 0.5) is 5.69 Å². The van der Waals surface area contributed by atoms with E-state index in [1.54, 1.807) is 30.3 Å². The number of nitrogens with one attached hydrogen (secondary N) is 1. The van der Waals surface area contributed by atoms with Gasteiger partial charge >= 0.3 is 10.1 Å². The van der Waals surface area contributed by atoms with Crippen LogP contribution < -0.4 is 14.2 Å². The van der Waals surface area contributed by atoms with E-state index in [1.165, 1.54) is 31.4 Å². The molecule has 34 heavy (non-hydrogen) atoms. The Labute approximate surface area is 212 Å². The van der Waals surface area contributed by atoms with Crippen LogP contribution in [-0.4, -0.2) is 21.4 Å². The molecule has 0 saturated carbocycles. The molecule has 9 heteroatoms. The second-order valence-electron chi connectivity index (χ2n) is 7.37. The molecule has 0 radical (unpaired) electrons. The summed E-state index contributed by atoms with van der Waals surface area (Å²) >= 11 is 1.92. The van der Waals surface area contributed by atoms with Crippen molar-refractivity contribution in [3.05, 3.63) is 86.5 Å². The third-order valence-electron chi connectivity index (χ3n) is 4.74. The van der Waals surface area contributed by atoms with E-state index in [2.05, 4.69) is 5.32 Å². The molecular formula is C25H21IN2O5S. The van der Waals surface area contributed by atoms with Gasteiger partial charge in [-0.25, -0.2) is 0 Å². The maximum atomic E-state index is 12.7. The average molecular weight is 588 g/mol. The van der Waals surface area contributed by atoms with Crippen molar-refractivity contribution in [1.82, 2.24) is 0 Å². The monoisotopic (exact) mass is 588 g/mol. The highest BCUT2D eigenvalue weighted by molar-refractivity contribution is 14.1. The Hall–Kier alpha value is -3.36. The molecule has 0 aliphatic heterocycles. The van der Waals surface area contributed by atoms with Crippen molar-refractivity contribution in [3.8, 4) is 17.6 Å². The average Bonchev–Trinajstić information content (AvgIpc) is 2.80. The molecule has 3 rings (SSSR count). The Morgan fingerprint density at radius 2 is 1.62 bits per heavy atom. The van der Waals surface area contributed by atoms with E-state index in [1.807, 2.05) is 54.6 Å². The summed E-state index contributed by atoms with van der Waals surface area (Å²) < 4.78 is 36.6. The highest BCUT2D eigenvalue weighted by atomic mass is 127. The van der Waals surface area contributed by atoms with Crippen LogP contribution >= 0.6 is 22.6 Å². The molecule has 1 amide bonds. The fourth-order valence-electron chi connectivity index (χ4n) is 2.92. The predicted octanol–water partition coefficient (Wildman–Crippen LogP) is 5.23. The molecule has 0 unspecified atom stereocenters. The van der Waals surface area contributed by atoms with Gasteiger partial charge < -0.3 is 14.2 Å². The van der Waals surface area contributed by atoms with E-state index in [4.69, 9.17) is 8.92 Å². The third-order valence-corrected chi connectivity index (χ3v) is 6.78. The topological polar surface area (TPSA) is 105 Å². The number of rotatable bonds is 7. The van der Waals surface area contributed by atoms with Crippen LogP contribution in [-0.2, 0) is 14.9 Å². The summed E-state index contributed by atoms with van der Waals surface area (Å²) in [5.74, 6) is -0.406. The second-order valence-corrected chi connectivity index (χ2v) is 10.1. The molecule has 3 aromatic rings. The highest BCUT2D eigenvalue weighted by Crippen LogP contribution is 2.36. The van der Waals surface area contributed by atoms with Crippen LogP contribution in [0.25, 0.3) is 6.08 Å². The van der Waals surface area contributed by atoms with E-state index < -0.39 is 16.0 Å². The summed E-state index contributed by atoms with van der Waals surface area (Å²) in [7, 11) is -2.72. The number of hydrogen-bond acceptors (Lipinski definition) is 6. The van der Waals surface area contributed by atoms with Crippen molar-refractivity contribution in [3.63, 3.8) is 0 Å². The number of ether oxygens (including phenoxy) is 1. The van der Waals surface area contributed by atoms with Crippen LogP contribution in [0.2, 0.25) is 0 Å². The Kier molecular flexibility index (Phi) is 7.96. The van der Waals surface area contributed by atoms with Crippen LogP contribution in [0.3, 0.4) is 0 Å². The minimum atomic E-state index is -4.09. The van der Waals surface area contributed by atoms with Gasteiger partial charge in [0.15, 0.2) is 11.5 Å². The first-order chi connectivity index (χ1) is 16.1. The normalized spacial score (nSPS) is 11.4. The van der Waals surface area contributed by atoms with Crippen molar-refractivity contribution in [2.24, 2.45) is 0 Å². The van der Waals surface area contributed by atoms with Crippen LogP contribution in [0.5, 0.6) is 11.5 Å². The Morgan fingerprint density at radius 3 is 2.18 bits per heavy atom. The van der Waals surface area contributed by atoms with Gasteiger partial charge in [0.25, 0.3) is 5.91 Å². The summed E-state index contributed by atoms with van der Waals surface area (Å²) in [5, 5.41) is 12.2. The van der Waals surface area contributed by atoms with Gasteiger partial charge in [-0.3, -0.25) is 4.79 Å². The number of anilines is 1. The predicted molar refractivity (Wildman–Crippen MR) is 138 cm³/mol. The van der Waals surface area contributed by atoms with Gasteiger partial charge in [0.1, 0.15) is 16.5 Å². The lowest BCUT2D eigenvalue weighted by Gasteiger charge is -2.14. The lowest BCUT2D eigenvalue weighted by Crippen LogP contribution is -2.13. The molecule has 0 heterocycles. The van der Waals surface area contributed by atoms with Gasteiger partial charge in [-0.15, -0.1) is 0 Å². The fourth-order valence-corrected chi connectivity index (χ4v) is 4.76. The zero-order valence-corrected chi connectivity index (χ0v) is 21.6. The summed E-state index contributed by atoms with van der Waals surface area (Å²) in [6.45, 7) is 3.78. The smallest absolute Gasteiger partial charge is 0.339 e. The summed E-state index contributed by atoms with van der Waals surface area (Å²) in [6.07, 6.45) is 1.40. The largest absolute Gasteiger partial charge is 0.493 e. The third kappa shape index (κ3) is 6.15. The zero-order valence-electron chi connectivity index (χ0n) is 18.6. The van der Waals surface area contributed by atoms with Crippen molar-refractivity contribution >= 4 is 50.4 Å². The van der Waals surface area contributed by atoms with Gasteiger partial charge in [0, 0.05) is 5.69 Å². The number of benzene rings is 3. The zero-order chi connectivity index (χ0) is 24.9. The number of nitriles is 1. The summed E-state index contributed by atoms with van der Waals surface area (Å²) in [4.78, 5) is 12.6. The molecular weight excluding hydrogens is 567 g/mol. The van der Waals surface area contributed by atoms with Crippen molar-refractivity contribution in [2.45, 2.75) is 18.7 Å². The fraction of sp³-hybridized carbons (Fsp3) is 0.120. The van der Waals surface area contributed by atoms with E-state index in [9.17, 15) is 18.5 Å². The maximum absolute atomic E-state index is 12.7. The van der Waals surface area contributed by atoms with Gasteiger partial charge in [-0.05, 0) is 84.5 Å². The molecule has 0 aliphatic rings. The molecule has 0 spiro atoms. The first kappa shape index (κ1) is 25.3. The van der Waals surface area contributed by atoms with Gasteiger partial charge in [-0.2, -0.15) is 13.7 Å². The molecule has 0 bridgehead atoms. The second kappa shape index (κ2) is 10.7. The van der Waals surface area contributed by atoms with Crippen LogP contribution in [0.1, 0.15) is 16.7 Å². The minimum absolute atomic E-state index is 0.0134. The number of carbonyl (C=O) groups is 1. The van der Waals surface area contributed by atoms with E-state index >= 15 is 0 Å². The number of carbonyl (C=O) groups excluding carboxylic acids is 1. The number of aryl methyl sites for hydroxylation is 2. The lowest BCUT2D eigenvalue weighted by atomic mass is 10.1. The number of halogens is 1. The van der Waals surface area contributed by atoms with Gasteiger partial charge in [-0.1, -0.05) is 35.4 Å². The Balaban J connectivity index is 1.90. The highest BCUT2D eigenvalue weighted by Gasteiger charge is 2.22. The number of hydrogen-bond donors (Lipinski definition) is 1. The summed E-state index contributed by atoms with van der Waals surface area (Å²) in [5.41, 5.74) is 2.87. The maximum Gasteiger partial charge on any atom is 0.339 e. The molecule has 0 aliphatic carbocycles. The molecule has 174 valence electrons. The molecule has 1 N–H and O–H groups in total. The molecule has 0 fully saturated rings. The van der Waals surface area contributed by atoms with E-state index in [0.717, 1.165) is 11.1 Å². The van der Waals surface area contributed by atoms with Crippen LogP contribution in [0.15, 0.2) is 71.1 Å². The van der Waals surface area contributed by atoms with Gasteiger partial charge in [0.05, 0.1) is 10.7 Å². The van der Waals surface area contributed by atoms with Crippen molar-refractivity contribution in [2.75, 3.05) is 12.4 Å². The first-order valence-corrected chi connectivity index (χ1v) is 12.5. The number of amides is 1. The first-order valence-electron chi connectivity index (χ1n) is 10.0. The van der Waals surface area contributed by atoms with Crippen molar-refractivity contribution in [1.29, 1.82) is 5.26 Å². The van der Waals surface area contributed by atoms with Crippen LogP contribution in [0, 0.1) is 28.7 Å². The quantitative estimate of drug-likeness (QED) is 0.176. The van der Waals surface area contributed by atoms with E-state index in [0.29, 0.717) is 14.8 Å². The molecule has 0 aromatic heterocycles. The summed E-state index contributed by atoms with van der Waals surface area (Å²) in [6, 6.07) is 18.5. The molecule has 0 saturated heterocycles. The number of methoxy groups -OCH3 is 1. The minimum Gasteiger partial charge on any atom is -0.493 e. The SMILES string of the molecule is COc1cc(/C=C(/C#N)C(=O)Nc2ccc(C)cc2)cc(I)c1OS(=O)(=O)c1ccc(C)cc1. The van der Waals surface area contributed by atoms with Gasteiger partial charge in [0.2, 0.25) is 0 Å².